The number of β-amino-alcohol motifs (C(OH)–C–C–N with tert-alkyl or cyclic N) is 1. The molecule has 0 aromatic heterocycles. The molecule has 3 aliphatic heterocycles. The van der Waals surface area contributed by atoms with Gasteiger partial charge in [-0.1, -0.05) is 18.6 Å². The van der Waals surface area contributed by atoms with Gasteiger partial charge in [-0.25, -0.2) is 0 Å². The van der Waals surface area contributed by atoms with Crippen molar-refractivity contribution in [1.29, 1.82) is 0 Å². The fourth-order valence-electron chi connectivity index (χ4n) is 4.97. The Hall–Kier alpha value is -3.18. The highest BCUT2D eigenvalue weighted by atomic mass is 16.5. The number of carbonyl (C=O) groups is 4. The number of hydrogen-bond donors (Lipinski definition) is 5. The predicted octanol–water partition coefficient (Wildman–Crippen LogP) is 0.377. The largest absolute Gasteiger partial charge is 0.494 e. The first-order valence-electron chi connectivity index (χ1n) is 13.7. The molecule has 4 amide bonds. The van der Waals surface area contributed by atoms with E-state index >= 15 is 0 Å². The van der Waals surface area contributed by atoms with E-state index in [1.54, 1.807) is 0 Å². The van der Waals surface area contributed by atoms with Crippen molar-refractivity contribution in [2.75, 3.05) is 19.7 Å². The van der Waals surface area contributed by atoms with E-state index in [0.29, 0.717) is 31.7 Å². The Morgan fingerprint density at radius 2 is 1.87 bits per heavy atom. The van der Waals surface area contributed by atoms with Crippen LogP contribution in [0.4, 0.5) is 0 Å². The molecule has 1 fully saturated rings. The number of carbonyl (C=O) groups excluding carboxylic acids is 4. The quantitative estimate of drug-likeness (QED) is 0.345. The summed E-state index contributed by atoms with van der Waals surface area (Å²) in [7, 11) is 0. The van der Waals surface area contributed by atoms with Gasteiger partial charge in [0.2, 0.25) is 23.6 Å². The van der Waals surface area contributed by atoms with Crippen molar-refractivity contribution in [2.24, 2.45) is 5.73 Å². The maximum atomic E-state index is 13.3. The summed E-state index contributed by atoms with van der Waals surface area (Å²) in [5, 5.41) is 19.9. The molecule has 4 atom stereocenters. The number of fused-ring (bicyclic) bond motifs is 12. The fraction of sp³-hybridized carbons (Fsp3) is 0.643. The van der Waals surface area contributed by atoms with E-state index in [1.807, 2.05) is 49.9 Å². The SMILES string of the molecule is CC(C)(C)NC(=O)[C@@H]1CCCCN1C[C@H](O)[C@@H]1Cc2ccc(cc2)OCCCC(=O)N[C@@H](CC(N)=O)C(=O)N1. The Labute approximate surface area is 230 Å². The second-order valence-corrected chi connectivity index (χ2v) is 11.5. The van der Waals surface area contributed by atoms with Gasteiger partial charge in [0.15, 0.2) is 0 Å². The average Bonchev–Trinajstić information content (AvgIpc) is 2.85. The van der Waals surface area contributed by atoms with Gasteiger partial charge in [-0.15, -0.1) is 0 Å². The standard InChI is InChI=1S/C28H43N5O6/c1-28(2,3)32-27(38)22-7-4-5-13-33(22)17-23(34)20-15-18-9-11-19(12-10-18)39-14-6-8-25(36)30-21(16-24(29)35)26(37)31-20/h9-12,20-23,34H,4-8,13-17H2,1-3H3,(H2,29,35)(H,30,36)(H,31,37)(H,32,38)/t20-,21-,22-,23-/m0/s1. The third-order valence-corrected chi connectivity index (χ3v) is 6.88. The third kappa shape index (κ3) is 9.81. The second-order valence-electron chi connectivity index (χ2n) is 11.5. The van der Waals surface area contributed by atoms with Crippen molar-refractivity contribution in [3.05, 3.63) is 29.8 Å². The van der Waals surface area contributed by atoms with Crippen LogP contribution in [0.1, 0.15) is 64.9 Å². The number of rotatable bonds is 6. The molecule has 1 saturated heterocycles. The number of aliphatic hydroxyl groups is 1. The van der Waals surface area contributed by atoms with Crippen LogP contribution in [0.15, 0.2) is 24.3 Å². The van der Waals surface area contributed by atoms with Crippen LogP contribution in [0.3, 0.4) is 0 Å². The highest BCUT2D eigenvalue weighted by Crippen LogP contribution is 2.21. The number of aliphatic hydroxyl groups excluding tert-OH is 1. The minimum atomic E-state index is -1.17. The molecule has 1 aromatic carbocycles. The molecular formula is C28H43N5O6. The Kier molecular flexibility index (Phi) is 10.7. The number of hydrogen-bond acceptors (Lipinski definition) is 7. The Balaban J connectivity index is 1.83. The van der Waals surface area contributed by atoms with Crippen molar-refractivity contribution in [1.82, 2.24) is 20.9 Å². The van der Waals surface area contributed by atoms with Crippen LogP contribution in [0.25, 0.3) is 0 Å². The summed E-state index contributed by atoms with van der Waals surface area (Å²) in [6.45, 7) is 6.92. The molecule has 2 bridgehead atoms. The molecule has 39 heavy (non-hydrogen) atoms. The Morgan fingerprint density at radius 3 is 2.54 bits per heavy atom. The average molecular weight is 546 g/mol. The number of primary amides is 1. The van der Waals surface area contributed by atoms with E-state index in [9.17, 15) is 24.3 Å². The number of nitrogens with zero attached hydrogens (tertiary/aromatic N) is 1. The molecule has 0 unspecified atom stereocenters. The van der Waals surface area contributed by atoms with Crippen LogP contribution in [-0.2, 0) is 25.6 Å². The van der Waals surface area contributed by atoms with E-state index in [-0.39, 0.29) is 43.3 Å². The number of nitrogens with one attached hydrogen (secondary N) is 3. The van der Waals surface area contributed by atoms with Crippen molar-refractivity contribution in [2.45, 2.75) is 95.5 Å². The molecule has 11 heteroatoms. The zero-order chi connectivity index (χ0) is 28.6. The lowest BCUT2D eigenvalue weighted by atomic mass is 9.96. The molecule has 0 spiro atoms. The minimum Gasteiger partial charge on any atom is -0.494 e. The van der Waals surface area contributed by atoms with Crippen LogP contribution in [-0.4, -0.2) is 83.1 Å². The van der Waals surface area contributed by atoms with Gasteiger partial charge >= 0.3 is 0 Å². The molecule has 1 aromatic rings. The number of benzene rings is 1. The number of amides is 4. The Morgan fingerprint density at radius 1 is 1.15 bits per heavy atom. The number of nitrogens with two attached hydrogens (primary N) is 1. The van der Waals surface area contributed by atoms with Crippen LogP contribution in [0, 0.1) is 0 Å². The van der Waals surface area contributed by atoms with Crippen molar-refractivity contribution in [3.63, 3.8) is 0 Å². The molecule has 0 radical (unpaired) electrons. The summed E-state index contributed by atoms with van der Waals surface area (Å²) in [5.74, 6) is -1.16. The van der Waals surface area contributed by atoms with Crippen molar-refractivity contribution < 1.29 is 29.0 Å². The van der Waals surface area contributed by atoms with Gasteiger partial charge in [0.1, 0.15) is 11.8 Å². The molecule has 216 valence electrons. The van der Waals surface area contributed by atoms with Crippen LogP contribution in [0.2, 0.25) is 0 Å². The molecule has 3 aliphatic rings. The first kappa shape index (κ1) is 30.4. The summed E-state index contributed by atoms with van der Waals surface area (Å²) < 4.78 is 5.71. The summed E-state index contributed by atoms with van der Waals surface area (Å²) in [4.78, 5) is 52.4. The van der Waals surface area contributed by atoms with Gasteiger partial charge in [0.05, 0.1) is 31.2 Å². The highest BCUT2D eigenvalue weighted by molar-refractivity contribution is 5.91. The van der Waals surface area contributed by atoms with Crippen molar-refractivity contribution in [3.8, 4) is 5.75 Å². The minimum absolute atomic E-state index is 0.0830. The van der Waals surface area contributed by atoms with E-state index in [1.165, 1.54) is 0 Å². The first-order valence-corrected chi connectivity index (χ1v) is 13.7. The molecule has 4 rings (SSSR count). The van der Waals surface area contributed by atoms with Gasteiger partial charge in [-0.05, 0) is 70.7 Å². The van der Waals surface area contributed by atoms with E-state index in [0.717, 1.165) is 18.4 Å². The highest BCUT2D eigenvalue weighted by Gasteiger charge is 2.35. The topological polar surface area (TPSA) is 163 Å². The van der Waals surface area contributed by atoms with Gasteiger partial charge in [0.25, 0.3) is 0 Å². The van der Waals surface area contributed by atoms with Gasteiger partial charge in [-0.2, -0.15) is 0 Å². The van der Waals surface area contributed by atoms with Crippen LogP contribution >= 0.6 is 0 Å². The summed E-state index contributed by atoms with van der Waals surface area (Å²) in [5.41, 5.74) is 5.83. The predicted molar refractivity (Wildman–Crippen MR) is 146 cm³/mol. The van der Waals surface area contributed by atoms with Gasteiger partial charge in [0, 0.05) is 18.5 Å². The van der Waals surface area contributed by atoms with Crippen LogP contribution in [0.5, 0.6) is 5.75 Å². The van der Waals surface area contributed by atoms with E-state index in [2.05, 4.69) is 16.0 Å². The smallest absolute Gasteiger partial charge is 0.243 e. The van der Waals surface area contributed by atoms with Crippen molar-refractivity contribution >= 4 is 23.6 Å². The monoisotopic (exact) mass is 545 g/mol. The number of ether oxygens (including phenoxy) is 1. The maximum Gasteiger partial charge on any atom is 0.243 e. The lowest BCUT2D eigenvalue weighted by molar-refractivity contribution is -0.132. The number of likely N-dealkylation sites (tertiary alicyclic amines) is 1. The Bertz CT molecular complexity index is 1010. The van der Waals surface area contributed by atoms with Gasteiger partial charge < -0.3 is 31.5 Å². The fourth-order valence-corrected chi connectivity index (χ4v) is 4.97. The zero-order valence-corrected chi connectivity index (χ0v) is 23.2. The van der Waals surface area contributed by atoms with E-state index in [4.69, 9.17) is 10.5 Å². The van der Waals surface area contributed by atoms with E-state index < -0.39 is 35.9 Å². The molecule has 3 heterocycles. The maximum absolute atomic E-state index is 13.3. The molecule has 6 N–H and O–H groups in total. The number of piperidine rings is 1. The lowest BCUT2D eigenvalue weighted by Gasteiger charge is -2.39. The zero-order valence-electron chi connectivity index (χ0n) is 23.2. The molecule has 0 saturated carbocycles. The molecule has 11 nitrogen and oxygen atoms in total. The summed E-state index contributed by atoms with van der Waals surface area (Å²) in [6, 6.07) is 5.05. The first-order chi connectivity index (χ1) is 18.4. The second kappa shape index (κ2) is 13.7. The summed E-state index contributed by atoms with van der Waals surface area (Å²) in [6.07, 6.45) is 1.92. The molecule has 0 aliphatic carbocycles. The third-order valence-electron chi connectivity index (χ3n) is 6.88. The summed E-state index contributed by atoms with van der Waals surface area (Å²) >= 11 is 0. The molecular weight excluding hydrogens is 502 g/mol. The lowest BCUT2D eigenvalue weighted by Crippen LogP contribution is -2.59. The van der Waals surface area contributed by atoms with Gasteiger partial charge in [-0.3, -0.25) is 24.1 Å². The normalized spacial score (nSPS) is 24.4. The van der Waals surface area contributed by atoms with Crippen LogP contribution < -0.4 is 26.4 Å².